The summed E-state index contributed by atoms with van der Waals surface area (Å²) in [5.74, 6) is -5.29. The van der Waals surface area contributed by atoms with Gasteiger partial charge in [-0.2, -0.15) is 0 Å². The van der Waals surface area contributed by atoms with Crippen molar-refractivity contribution in [1.82, 2.24) is 4.57 Å². The summed E-state index contributed by atoms with van der Waals surface area (Å²) in [6, 6.07) is 3.78. The van der Waals surface area contributed by atoms with E-state index in [9.17, 15) is 26.4 Å². The monoisotopic (exact) mass is 380 g/mol. The first-order chi connectivity index (χ1) is 10.9. The molecule has 0 unspecified atom stereocenters. The first-order valence-corrected chi connectivity index (χ1v) is 8.81. The number of hydrogen-bond donors (Lipinski definition) is 1. The van der Waals surface area contributed by atoms with Crippen molar-refractivity contribution in [2.24, 2.45) is 7.05 Å². The van der Waals surface area contributed by atoms with Gasteiger partial charge in [0.1, 0.15) is 16.4 Å². The fraction of sp³-hybridized carbons (Fsp3) is 0.214. The van der Waals surface area contributed by atoms with E-state index in [-0.39, 0.29) is 16.3 Å². The Morgan fingerprint density at radius 3 is 2.42 bits per heavy atom. The summed E-state index contributed by atoms with van der Waals surface area (Å²) in [4.78, 5) is 11.9. The Balaban J connectivity index is 2.33. The maximum absolute atomic E-state index is 13.4. The van der Waals surface area contributed by atoms with Gasteiger partial charge in [-0.3, -0.25) is 4.79 Å². The lowest BCUT2D eigenvalue weighted by molar-refractivity contribution is 0.0138. The number of alkyl halides is 2. The highest BCUT2D eigenvalue weighted by Gasteiger charge is 2.28. The molecular formula is C14H12ClF3N2O3S. The molecule has 130 valence electrons. The molecule has 10 heteroatoms. The molecule has 0 aliphatic carbocycles. The van der Waals surface area contributed by atoms with Crippen molar-refractivity contribution in [3.8, 4) is 0 Å². The van der Waals surface area contributed by atoms with Crippen molar-refractivity contribution in [3.63, 3.8) is 0 Å². The van der Waals surface area contributed by atoms with Crippen LogP contribution in [0, 0.1) is 5.82 Å². The molecule has 0 bridgehead atoms. The highest BCUT2D eigenvalue weighted by molar-refractivity contribution is 8.13. The van der Waals surface area contributed by atoms with Crippen molar-refractivity contribution in [1.29, 1.82) is 0 Å². The van der Waals surface area contributed by atoms with Crippen LogP contribution in [0.2, 0.25) is 0 Å². The molecule has 2 rings (SSSR count). The van der Waals surface area contributed by atoms with Crippen molar-refractivity contribution < 1.29 is 26.4 Å². The summed E-state index contributed by atoms with van der Waals surface area (Å²) in [6.45, 7) is 0.534. The zero-order valence-electron chi connectivity index (χ0n) is 12.5. The van der Waals surface area contributed by atoms with Crippen molar-refractivity contribution in [3.05, 3.63) is 47.5 Å². The molecule has 1 heterocycles. The molecule has 1 N–H and O–H groups in total. The lowest BCUT2D eigenvalue weighted by Gasteiger charge is -2.14. The van der Waals surface area contributed by atoms with Gasteiger partial charge in [0.05, 0.1) is 5.56 Å². The van der Waals surface area contributed by atoms with E-state index in [1.54, 1.807) is 0 Å². The second-order valence-electron chi connectivity index (χ2n) is 5.15. The van der Waals surface area contributed by atoms with E-state index in [1.807, 2.05) is 0 Å². The Labute approximate surface area is 140 Å². The minimum atomic E-state index is -4.02. The number of anilines is 1. The third-order valence-corrected chi connectivity index (χ3v) is 4.51. The van der Waals surface area contributed by atoms with Crippen LogP contribution in [0.5, 0.6) is 0 Å². The summed E-state index contributed by atoms with van der Waals surface area (Å²) in [7, 11) is 2.59. The van der Waals surface area contributed by atoms with Gasteiger partial charge in [0.2, 0.25) is 0 Å². The van der Waals surface area contributed by atoms with Crippen LogP contribution in [0.1, 0.15) is 23.0 Å². The fourth-order valence-electron chi connectivity index (χ4n) is 2.03. The molecule has 2 aromatic rings. The molecule has 24 heavy (non-hydrogen) atoms. The number of amides is 1. The Morgan fingerprint density at radius 1 is 1.29 bits per heavy atom. The van der Waals surface area contributed by atoms with Gasteiger partial charge in [0, 0.05) is 36.5 Å². The highest BCUT2D eigenvalue weighted by atomic mass is 35.7. The van der Waals surface area contributed by atoms with E-state index < -0.39 is 32.3 Å². The summed E-state index contributed by atoms with van der Waals surface area (Å²) in [6.07, 6.45) is 1.13. The van der Waals surface area contributed by atoms with Crippen LogP contribution in [0.25, 0.3) is 0 Å². The van der Waals surface area contributed by atoms with Gasteiger partial charge < -0.3 is 9.88 Å². The number of hydrogen-bond acceptors (Lipinski definition) is 3. The van der Waals surface area contributed by atoms with Gasteiger partial charge in [-0.1, -0.05) is 0 Å². The Kier molecular flexibility index (Phi) is 4.69. The van der Waals surface area contributed by atoms with E-state index in [0.29, 0.717) is 6.92 Å². The van der Waals surface area contributed by atoms with Gasteiger partial charge >= 0.3 is 0 Å². The van der Waals surface area contributed by atoms with Crippen LogP contribution in [0.4, 0.5) is 18.9 Å². The Morgan fingerprint density at radius 2 is 1.92 bits per heavy atom. The van der Waals surface area contributed by atoms with Crippen LogP contribution in [0.3, 0.4) is 0 Å². The van der Waals surface area contributed by atoms with Gasteiger partial charge in [-0.05, 0) is 24.3 Å². The number of nitrogens with one attached hydrogen (secondary N) is 1. The molecule has 0 saturated heterocycles. The lowest BCUT2D eigenvalue weighted by atomic mass is 10.1. The molecule has 0 atom stereocenters. The fourth-order valence-corrected chi connectivity index (χ4v) is 2.82. The zero-order chi connectivity index (χ0) is 18.3. The normalized spacial score (nSPS) is 12.2. The standard InChI is InChI=1S/C14H12ClF3N2O3S/c1-14(17,18)10-5-8(3-4-11(10)16)19-13(21)12-6-9(7-20(12)2)24(15,22)23/h3-7H,1-2H3,(H,19,21). The smallest absolute Gasteiger partial charge is 0.273 e. The number of carbonyl (C=O) groups is 1. The number of rotatable bonds is 4. The molecule has 0 aliphatic rings. The largest absolute Gasteiger partial charge is 0.345 e. The van der Waals surface area contributed by atoms with Crippen LogP contribution in [0.15, 0.2) is 35.4 Å². The number of nitrogens with zero attached hydrogens (tertiary/aromatic N) is 1. The van der Waals surface area contributed by atoms with Crippen molar-refractivity contribution in [2.75, 3.05) is 5.32 Å². The predicted molar refractivity (Wildman–Crippen MR) is 82.4 cm³/mol. The summed E-state index contributed by atoms with van der Waals surface area (Å²) in [5.41, 5.74) is -0.992. The Bertz CT molecular complexity index is 904. The number of aryl methyl sites for hydroxylation is 1. The second-order valence-corrected chi connectivity index (χ2v) is 7.71. The lowest BCUT2D eigenvalue weighted by Crippen LogP contribution is -2.17. The molecule has 0 spiro atoms. The quantitative estimate of drug-likeness (QED) is 0.826. The average molecular weight is 381 g/mol. The number of aromatic nitrogens is 1. The van der Waals surface area contributed by atoms with Gasteiger partial charge in [-0.25, -0.2) is 21.6 Å². The van der Waals surface area contributed by atoms with Gasteiger partial charge in [0.25, 0.3) is 20.9 Å². The summed E-state index contributed by atoms with van der Waals surface area (Å²) >= 11 is 0. The predicted octanol–water partition coefficient (Wildman–Crippen LogP) is 3.46. The number of halogens is 4. The maximum Gasteiger partial charge on any atom is 0.273 e. The molecule has 5 nitrogen and oxygen atoms in total. The van der Waals surface area contributed by atoms with Gasteiger partial charge in [-0.15, -0.1) is 0 Å². The van der Waals surface area contributed by atoms with Crippen molar-refractivity contribution in [2.45, 2.75) is 17.7 Å². The van der Waals surface area contributed by atoms with Gasteiger partial charge in [0.15, 0.2) is 0 Å². The summed E-state index contributed by atoms with van der Waals surface area (Å²) < 4.78 is 63.8. The number of carbonyl (C=O) groups excluding carboxylic acids is 1. The summed E-state index contributed by atoms with van der Waals surface area (Å²) in [5, 5.41) is 2.31. The molecule has 1 aromatic carbocycles. The third-order valence-electron chi connectivity index (χ3n) is 3.19. The SMILES string of the molecule is Cn1cc(S(=O)(=O)Cl)cc1C(=O)Nc1ccc(F)c(C(C)(F)F)c1. The Hall–Kier alpha value is -2.00. The number of benzene rings is 1. The van der Waals surface area contributed by atoms with Crippen LogP contribution in [-0.2, 0) is 22.0 Å². The van der Waals surface area contributed by atoms with E-state index >= 15 is 0 Å². The zero-order valence-corrected chi connectivity index (χ0v) is 14.1. The molecule has 0 saturated carbocycles. The van der Waals surface area contributed by atoms with E-state index in [0.717, 1.165) is 30.5 Å². The molecule has 0 aliphatic heterocycles. The topological polar surface area (TPSA) is 68.2 Å². The molecular weight excluding hydrogens is 369 g/mol. The molecule has 0 fully saturated rings. The van der Waals surface area contributed by atoms with Crippen LogP contribution < -0.4 is 5.32 Å². The van der Waals surface area contributed by atoms with E-state index in [2.05, 4.69) is 5.32 Å². The van der Waals surface area contributed by atoms with Crippen LogP contribution >= 0.6 is 10.7 Å². The highest BCUT2D eigenvalue weighted by Crippen LogP contribution is 2.31. The van der Waals surface area contributed by atoms with Crippen molar-refractivity contribution >= 4 is 31.3 Å². The van der Waals surface area contributed by atoms with Crippen LogP contribution in [-0.4, -0.2) is 18.9 Å². The minimum Gasteiger partial charge on any atom is -0.345 e. The maximum atomic E-state index is 13.4. The van der Waals surface area contributed by atoms with E-state index in [4.69, 9.17) is 10.7 Å². The molecule has 1 amide bonds. The third kappa shape index (κ3) is 3.90. The molecule has 1 aromatic heterocycles. The average Bonchev–Trinajstić information content (AvgIpc) is 2.82. The molecule has 0 radical (unpaired) electrons. The minimum absolute atomic E-state index is 0.0607. The first kappa shape index (κ1) is 18.3. The first-order valence-electron chi connectivity index (χ1n) is 6.50. The van der Waals surface area contributed by atoms with E-state index in [1.165, 1.54) is 11.6 Å². The second kappa shape index (κ2) is 6.14.